The molecule has 0 saturated heterocycles. The lowest BCUT2D eigenvalue weighted by atomic mass is 10.1. The van der Waals surface area contributed by atoms with Crippen molar-refractivity contribution in [2.45, 2.75) is 6.17 Å². The number of rotatable bonds is 1. The summed E-state index contributed by atoms with van der Waals surface area (Å²) < 4.78 is 2.22. The molecule has 0 spiro atoms. The number of nitrogens with one attached hydrogen (secondary N) is 1. The van der Waals surface area contributed by atoms with E-state index >= 15 is 0 Å². The summed E-state index contributed by atoms with van der Waals surface area (Å²) in [6, 6.07) is 22.1. The lowest BCUT2D eigenvalue weighted by molar-refractivity contribution is 0.669. The van der Waals surface area contributed by atoms with Gasteiger partial charge in [0.15, 0.2) is 0 Å². The summed E-state index contributed by atoms with van der Waals surface area (Å²) in [4.78, 5) is 4.87. The zero-order valence-electron chi connectivity index (χ0n) is 13.1. The molecule has 2 heterocycles. The van der Waals surface area contributed by atoms with E-state index in [0.717, 1.165) is 33.7 Å². The predicted molar refractivity (Wildman–Crippen MR) is 103 cm³/mol. The molecule has 3 aromatic carbocycles. The largest absolute Gasteiger partial charge is 0.361 e. The van der Waals surface area contributed by atoms with Crippen molar-refractivity contribution in [3.63, 3.8) is 0 Å². The minimum atomic E-state index is -0.105. The second-order valence-corrected chi connectivity index (χ2v) is 6.87. The molecule has 0 radical (unpaired) electrons. The molecule has 122 valence electrons. The molecular weight excluding hydrogens is 353 g/mol. The van der Waals surface area contributed by atoms with Gasteiger partial charge in [0.25, 0.3) is 0 Å². The molecule has 4 aromatic rings. The summed E-state index contributed by atoms with van der Waals surface area (Å²) in [6.07, 6.45) is -0.105. The number of imidazole rings is 1. The van der Waals surface area contributed by atoms with Crippen LogP contribution in [0.25, 0.3) is 22.4 Å². The maximum atomic E-state index is 6.27. The average molecular weight is 366 g/mol. The van der Waals surface area contributed by atoms with Gasteiger partial charge in [-0.25, -0.2) is 4.98 Å². The van der Waals surface area contributed by atoms with E-state index in [-0.39, 0.29) is 6.17 Å². The molecule has 1 N–H and O–H groups in total. The highest BCUT2D eigenvalue weighted by Crippen LogP contribution is 2.41. The Morgan fingerprint density at radius 2 is 1.68 bits per heavy atom. The molecule has 0 unspecified atom stereocenters. The molecule has 5 rings (SSSR count). The standard InChI is InChI=1S/C20H13Cl2N3/c21-14-10-9-12(11-15(14)22)19-23-16-6-2-1-5-13(16)20-24-17-7-3-4-8-18(17)25(19)20/h1-11,19,23H/t19-/m1/s1. The van der Waals surface area contributed by atoms with Crippen molar-refractivity contribution >= 4 is 39.9 Å². The summed E-state index contributed by atoms with van der Waals surface area (Å²) in [5.41, 5.74) is 5.24. The topological polar surface area (TPSA) is 29.9 Å². The fourth-order valence-corrected chi connectivity index (χ4v) is 3.73. The second-order valence-electron chi connectivity index (χ2n) is 6.06. The Bertz CT molecular complexity index is 1120. The number of aromatic nitrogens is 2. The van der Waals surface area contributed by atoms with Crippen LogP contribution < -0.4 is 5.32 Å². The van der Waals surface area contributed by atoms with Crippen LogP contribution in [0.3, 0.4) is 0 Å². The molecule has 3 nitrogen and oxygen atoms in total. The Morgan fingerprint density at radius 3 is 2.56 bits per heavy atom. The molecule has 0 aliphatic carbocycles. The van der Waals surface area contributed by atoms with Gasteiger partial charge in [-0.1, -0.05) is 53.5 Å². The van der Waals surface area contributed by atoms with Gasteiger partial charge in [-0.15, -0.1) is 0 Å². The normalized spacial score (nSPS) is 15.5. The maximum absolute atomic E-state index is 6.27. The molecule has 5 heteroatoms. The van der Waals surface area contributed by atoms with Crippen LogP contribution in [0, 0.1) is 0 Å². The van der Waals surface area contributed by atoms with Gasteiger partial charge in [0.1, 0.15) is 12.0 Å². The fourth-order valence-electron chi connectivity index (χ4n) is 3.43. The van der Waals surface area contributed by atoms with Crippen LogP contribution in [0.5, 0.6) is 0 Å². The Balaban J connectivity index is 1.81. The van der Waals surface area contributed by atoms with Crippen molar-refractivity contribution in [2.24, 2.45) is 0 Å². The molecule has 0 saturated carbocycles. The molecule has 25 heavy (non-hydrogen) atoms. The van der Waals surface area contributed by atoms with Crippen molar-refractivity contribution in [3.8, 4) is 11.4 Å². The Morgan fingerprint density at radius 1 is 0.880 bits per heavy atom. The van der Waals surface area contributed by atoms with Crippen LogP contribution in [0.2, 0.25) is 10.0 Å². The molecular formula is C20H13Cl2N3. The first kappa shape index (κ1) is 14.8. The first-order chi connectivity index (χ1) is 12.2. The zero-order chi connectivity index (χ0) is 17.0. The van der Waals surface area contributed by atoms with Crippen molar-refractivity contribution < 1.29 is 0 Å². The van der Waals surface area contributed by atoms with E-state index in [9.17, 15) is 0 Å². The lowest BCUT2D eigenvalue weighted by Gasteiger charge is -2.30. The molecule has 1 aliphatic rings. The number of benzene rings is 3. The third-order valence-electron chi connectivity index (χ3n) is 4.57. The Hall–Kier alpha value is -2.49. The van der Waals surface area contributed by atoms with Crippen molar-refractivity contribution in [1.29, 1.82) is 0 Å². The van der Waals surface area contributed by atoms with Gasteiger partial charge in [-0.05, 0) is 42.0 Å². The van der Waals surface area contributed by atoms with E-state index in [1.807, 2.05) is 48.5 Å². The number of fused-ring (bicyclic) bond motifs is 5. The summed E-state index contributed by atoms with van der Waals surface area (Å²) in [5.74, 6) is 0.951. The highest BCUT2D eigenvalue weighted by atomic mass is 35.5. The van der Waals surface area contributed by atoms with Gasteiger partial charge in [0.05, 0.1) is 21.1 Å². The van der Waals surface area contributed by atoms with Crippen LogP contribution in [-0.2, 0) is 0 Å². The Kier molecular flexibility index (Phi) is 3.27. The number of hydrogen-bond donors (Lipinski definition) is 1. The zero-order valence-corrected chi connectivity index (χ0v) is 14.6. The SMILES string of the molecule is Clc1ccc([C@@H]2Nc3ccccc3-c3nc4ccccc4n32)cc1Cl. The first-order valence-corrected chi connectivity index (χ1v) is 8.76. The fraction of sp³-hybridized carbons (Fsp3) is 0.0500. The third-order valence-corrected chi connectivity index (χ3v) is 5.31. The van der Waals surface area contributed by atoms with Gasteiger partial charge in [0, 0.05) is 11.3 Å². The quantitative estimate of drug-likeness (QED) is 0.449. The Labute approximate surface area is 154 Å². The highest BCUT2D eigenvalue weighted by Gasteiger charge is 2.28. The van der Waals surface area contributed by atoms with E-state index in [1.54, 1.807) is 0 Å². The van der Waals surface area contributed by atoms with Crippen molar-refractivity contribution in [3.05, 3.63) is 82.3 Å². The van der Waals surface area contributed by atoms with Gasteiger partial charge in [-0.3, -0.25) is 4.57 Å². The number of nitrogens with zero attached hydrogens (tertiary/aromatic N) is 2. The van der Waals surface area contributed by atoms with E-state index in [2.05, 4.69) is 28.1 Å². The van der Waals surface area contributed by atoms with E-state index in [0.29, 0.717) is 10.0 Å². The predicted octanol–water partition coefficient (Wildman–Crippen LogP) is 5.98. The van der Waals surface area contributed by atoms with Crippen LogP contribution in [0.1, 0.15) is 11.7 Å². The highest BCUT2D eigenvalue weighted by molar-refractivity contribution is 6.42. The minimum Gasteiger partial charge on any atom is -0.361 e. The third kappa shape index (κ3) is 2.24. The molecule has 1 aromatic heterocycles. The monoisotopic (exact) mass is 365 g/mol. The molecule has 1 aliphatic heterocycles. The number of hydrogen-bond acceptors (Lipinski definition) is 2. The number of halogens is 2. The van der Waals surface area contributed by atoms with Crippen molar-refractivity contribution in [2.75, 3.05) is 5.32 Å². The first-order valence-electron chi connectivity index (χ1n) is 8.00. The van der Waals surface area contributed by atoms with E-state index in [1.165, 1.54) is 0 Å². The van der Waals surface area contributed by atoms with Crippen LogP contribution in [0.15, 0.2) is 66.7 Å². The smallest absolute Gasteiger partial charge is 0.145 e. The van der Waals surface area contributed by atoms with Gasteiger partial charge in [0.2, 0.25) is 0 Å². The second kappa shape index (κ2) is 5.51. The van der Waals surface area contributed by atoms with Crippen molar-refractivity contribution in [1.82, 2.24) is 9.55 Å². The van der Waals surface area contributed by atoms with Gasteiger partial charge >= 0.3 is 0 Å². The van der Waals surface area contributed by atoms with Gasteiger partial charge < -0.3 is 5.32 Å². The van der Waals surface area contributed by atoms with Crippen LogP contribution in [-0.4, -0.2) is 9.55 Å². The molecule has 1 atom stereocenters. The number of para-hydroxylation sites is 3. The summed E-state index contributed by atoms with van der Waals surface area (Å²) in [5, 5.41) is 4.72. The van der Waals surface area contributed by atoms with Gasteiger partial charge in [-0.2, -0.15) is 0 Å². The lowest BCUT2D eigenvalue weighted by Crippen LogP contribution is -2.24. The average Bonchev–Trinajstić information content (AvgIpc) is 3.03. The molecule has 0 fully saturated rings. The molecule has 0 bridgehead atoms. The molecule has 0 amide bonds. The maximum Gasteiger partial charge on any atom is 0.145 e. The summed E-state index contributed by atoms with van der Waals surface area (Å²) in [6.45, 7) is 0. The summed E-state index contributed by atoms with van der Waals surface area (Å²) >= 11 is 12.4. The minimum absolute atomic E-state index is 0.105. The van der Waals surface area contributed by atoms with Crippen LogP contribution >= 0.6 is 23.2 Å². The van der Waals surface area contributed by atoms with Crippen LogP contribution in [0.4, 0.5) is 5.69 Å². The van der Waals surface area contributed by atoms with E-state index in [4.69, 9.17) is 28.2 Å². The van der Waals surface area contributed by atoms with E-state index < -0.39 is 0 Å². The number of anilines is 1. The summed E-state index contributed by atoms with van der Waals surface area (Å²) in [7, 11) is 0.